The van der Waals surface area contributed by atoms with Gasteiger partial charge in [-0.1, -0.05) is 42.8 Å². The lowest BCUT2D eigenvalue weighted by atomic mass is 9.97. The first-order valence-corrected chi connectivity index (χ1v) is 11.1. The maximum atomic E-state index is 13.8. The summed E-state index contributed by atoms with van der Waals surface area (Å²) in [6, 6.07) is 11.9. The summed E-state index contributed by atoms with van der Waals surface area (Å²) in [6.07, 6.45) is 0. The number of benzene rings is 2. The number of nitrogens with zero attached hydrogens (tertiary/aromatic N) is 3. The predicted molar refractivity (Wildman–Crippen MR) is 125 cm³/mol. The first-order valence-electron chi connectivity index (χ1n) is 11.1. The summed E-state index contributed by atoms with van der Waals surface area (Å²) < 4.78 is 0. The van der Waals surface area contributed by atoms with E-state index in [0.717, 1.165) is 60.5 Å². The van der Waals surface area contributed by atoms with Crippen LogP contribution in [0.1, 0.15) is 34.7 Å². The Morgan fingerprint density at radius 1 is 0.839 bits per heavy atom. The van der Waals surface area contributed by atoms with Crippen molar-refractivity contribution in [2.75, 3.05) is 37.6 Å². The van der Waals surface area contributed by atoms with E-state index in [1.165, 1.54) is 4.90 Å². The second-order valence-electron chi connectivity index (χ2n) is 8.63. The van der Waals surface area contributed by atoms with Gasteiger partial charge in [0, 0.05) is 26.2 Å². The Morgan fingerprint density at radius 2 is 1.55 bits per heavy atom. The first kappa shape index (κ1) is 21.3. The highest BCUT2D eigenvalue weighted by atomic mass is 16.2. The fourth-order valence-corrected chi connectivity index (χ4v) is 4.63. The van der Waals surface area contributed by atoms with Crippen LogP contribution in [0.25, 0.3) is 5.57 Å². The number of rotatable bonds is 4. The van der Waals surface area contributed by atoms with E-state index in [4.69, 9.17) is 0 Å². The molecule has 0 spiro atoms. The van der Waals surface area contributed by atoms with Gasteiger partial charge in [-0.05, 0) is 62.6 Å². The fraction of sp³-hybridized carbons (Fsp3) is 0.385. The van der Waals surface area contributed by atoms with Crippen molar-refractivity contribution in [3.63, 3.8) is 0 Å². The van der Waals surface area contributed by atoms with E-state index >= 15 is 0 Å². The van der Waals surface area contributed by atoms with Gasteiger partial charge in [-0.15, -0.1) is 0 Å². The van der Waals surface area contributed by atoms with Gasteiger partial charge in [-0.3, -0.25) is 9.59 Å². The van der Waals surface area contributed by atoms with Gasteiger partial charge < -0.3 is 9.80 Å². The van der Waals surface area contributed by atoms with Crippen molar-refractivity contribution >= 4 is 23.1 Å². The van der Waals surface area contributed by atoms with Crippen molar-refractivity contribution in [3.8, 4) is 0 Å². The van der Waals surface area contributed by atoms with Crippen LogP contribution in [-0.2, 0) is 9.59 Å². The molecular formula is C26H31N3O2. The summed E-state index contributed by atoms with van der Waals surface area (Å²) in [5, 5.41) is 0. The minimum Gasteiger partial charge on any atom is -0.364 e. The Morgan fingerprint density at radius 3 is 2.19 bits per heavy atom. The molecule has 2 heterocycles. The highest BCUT2D eigenvalue weighted by molar-refractivity contribution is 6.45. The minimum atomic E-state index is -0.224. The molecule has 2 aliphatic heterocycles. The molecule has 0 N–H and O–H groups in total. The summed E-state index contributed by atoms with van der Waals surface area (Å²) in [5.74, 6) is -0.433. The first-order chi connectivity index (χ1) is 14.8. The molecule has 162 valence electrons. The lowest BCUT2D eigenvalue weighted by Gasteiger charge is -2.36. The van der Waals surface area contributed by atoms with Crippen molar-refractivity contribution in [3.05, 3.63) is 69.9 Å². The number of hydrogen-bond acceptors (Lipinski definition) is 4. The lowest BCUT2D eigenvalue weighted by molar-refractivity contribution is -0.120. The molecule has 2 aromatic rings. The number of carbonyl (C=O) groups is 2. The molecule has 0 unspecified atom stereocenters. The zero-order valence-corrected chi connectivity index (χ0v) is 19.2. The van der Waals surface area contributed by atoms with Crippen LogP contribution < -0.4 is 4.90 Å². The number of hydrogen-bond donors (Lipinski definition) is 0. The normalized spacial score (nSPS) is 17.8. The Kier molecular flexibility index (Phi) is 5.71. The van der Waals surface area contributed by atoms with Crippen LogP contribution in [0.2, 0.25) is 0 Å². The Bertz CT molecular complexity index is 1080. The molecule has 0 aliphatic carbocycles. The molecule has 4 rings (SSSR count). The third-order valence-electron chi connectivity index (χ3n) is 6.66. The molecule has 1 saturated heterocycles. The van der Waals surface area contributed by atoms with E-state index in [2.05, 4.69) is 22.8 Å². The highest BCUT2D eigenvalue weighted by Gasteiger charge is 2.43. The SMILES string of the molecule is CCN1CCN(C2=C(c3ccc(C)cc3C)C(=O)N(c3cccc(C)c3C)C2=O)CC1. The maximum absolute atomic E-state index is 13.8. The van der Waals surface area contributed by atoms with E-state index in [0.29, 0.717) is 17.0 Å². The van der Waals surface area contributed by atoms with Gasteiger partial charge in [-0.2, -0.15) is 0 Å². The summed E-state index contributed by atoms with van der Waals surface area (Å²) in [5.41, 5.74) is 6.80. The zero-order chi connectivity index (χ0) is 22.3. The van der Waals surface area contributed by atoms with Crippen molar-refractivity contribution < 1.29 is 9.59 Å². The molecule has 0 atom stereocenters. The second-order valence-corrected chi connectivity index (χ2v) is 8.63. The predicted octanol–water partition coefficient (Wildman–Crippen LogP) is 3.84. The molecule has 5 heteroatoms. The highest BCUT2D eigenvalue weighted by Crippen LogP contribution is 2.38. The van der Waals surface area contributed by atoms with Gasteiger partial charge in [0.1, 0.15) is 5.70 Å². The van der Waals surface area contributed by atoms with Crippen LogP contribution in [0.3, 0.4) is 0 Å². The van der Waals surface area contributed by atoms with Crippen LogP contribution >= 0.6 is 0 Å². The largest absolute Gasteiger partial charge is 0.364 e. The van der Waals surface area contributed by atoms with Crippen LogP contribution in [0.4, 0.5) is 5.69 Å². The van der Waals surface area contributed by atoms with Gasteiger partial charge in [0.15, 0.2) is 0 Å². The van der Waals surface area contributed by atoms with Gasteiger partial charge >= 0.3 is 0 Å². The number of imide groups is 1. The van der Waals surface area contributed by atoms with Crippen LogP contribution in [-0.4, -0.2) is 54.3 Å². The third kappa shape index (κ3) is 3.68. The third-order valence-corrected chi connectivity index (χ3v) is 6.66. The molecule has 2 amide bonds. The molecule has 0 radical (unpaired) electrons. The molecule has 2 aliphatic rings. The van der Waals surface area contributed by atoms with Gasteiger partial charge in [0.2, 0.25) is 0 Å². The summed E-state index contributed by atoms with van der Waals surface area (Å²) >= 11 is 0. The van der Waals surface area contributed by atoms with Crippen molar-refractivity contribution in [1.82, 2.24) is 9.80 Å². The Labute approximate surface area is 184 Å². The number of likely N-dealkylation sites (N-methyl/N-ethyl adjacent to an activating group) is 1. The Balaban J connectivity index is 1.84. The molecule has 0 bridgehead atoms. The van der Waals surface area contributed by atoms with Gasteiger partial charge in [0.05, 0.1) is 11.3 Å². The van der Waals surface area contributed by atoms with E-state index < -0.39 is 0 Å². The molecule has 2 aromatic carbocycles. The van der Waals surface area contributed by atoms with Crippen LogP contribution in [0, 0.1) is 27.7 Å². The number of amides is 2. The van der Waals surface area contributed by atoms with E-state index in [-0.39, 0.29) is 11.8 Å². The summed E-state index contributed by atoms with van der Waals surface area (Å²) in [7, 11) is 0. The fourth-order valence-electron chi connectivity index (χ4n) is 4.63. The smallest absolute Gasteiger partial charge is 0.282 e. The van der Waals surface area contributed by atoms with E-state index in [9.17, 15) is 9.59 Å². The average molecular weight is 418 g/mol. The topological polar surface area (TPSA) is 43.9 Å². The lowest BCUT2D eigenvalue weighted by Crippen LogP contribution is -2.47. The maximum Gasteiger partial charge on any atom is 0.282 e. The molecular weight excluding hydrogens is 386 g/mol. The van der Waals surface area contributed by atoms with Crippen molar-refractivity contribution in [2.24, 2.45) is 0 Å². The quantitative estimate of drug-likeness (QED) is 0.709. The number of anilines is 1. The second kappa shape index (κ2) is 8.31. The molecule has 5 nitrogen and oxygen atoms in total. The van der Waals surface area contributed by atoms with Crippen molar-refractivity contribution in [2.45, 2.75) is 34.6 Å². The minimum absolute atomic E-state index is 0.210. The molecule has 31 heavy (non-hydrogen) atoms. The number of carbonyl (C=O) groups excluding carboxylic acids is 2. The molecule has 0 saturated carbocycles. The molecule has 0 aromatic heterocycles. The van der Waals surface area contributed by atoms with E-state index in [1.807, 2.05) is 58.0 Å². The van der Waals surface area contributed by atoms with Gasteiger partial charge in [0.25, 0.3) is 11.8 Å². The summed E-state index contributed by atoms with van der Waals surface area (Å²) in [6.45, 7) is 14.5. The van der Waals surface area contributed by atoms with Crippen molar-refractivity contribution in [1.29, 1.82) is 0 Å². The number of piperazine rings is 1. The average Bonchev–Trinajstić information content (AvgIpc) is 3.00. The van der Waals surface area contributed by atoms with E-state index in [1.54, 1.807) is 0 Å². The standard InChI is InChI=1S/C26H31N3O2/c1-6-27-12-14-28(15-13-27)24-23(21-11-10-17(2)16-19(21)4)25(30)29(26(24)31)22-9-7-8-18(3)20(22)5/h7-11,16H,6,12-15H2,1-5H3. The van der Waals surface area contributed by atoms with Gasteiger partial charge in [-0.25, -0.2) is 4.90 Å². The number of aryl methyl sites for hydroxylation is 3. The van der Waals surface area contributed by atoms with Crippen LogP contribution in [0.15, 0.2) is 42.1 Å². The Hall–Kier alpha value is -2.92. The summed E-state index contributed by atoms with van der Waals surface area (Å²) in [4.78, 5) is 33.5. The zero-order valence-electron chi connectivity index (χ0n) is 19.2. The molecule has 1 fully saturated rings. The van der Waals surface area contributed by atoms with Crippen LogP contribution in [0.5, 0.6) is 0 Å². The monoisotopic (exact) mass is 417 g/mol.